The third-order valence-electron chi connectivity index (χ3n) is 5.13. The molecule has 1 heterocycles. The van der Waals surface area contributed by atoms with Gasteiger partial charge in [-0.05, 0) is 67.8 Å². The van der Waals surface area contributed by atoms with Crippen molar-refractivity contribution in [2.45, 2.75) is 33.4 Å². The average molecular weight is 452 g/mol. The zero-order valence-electron chi connectivity index (χ0n) is 17.6. The Bertz CT molecular complexity index is 1190. The lowest BCUT2D eigenvalue weighted by Gasteiger charge is -2.17. The summed E-state index contributed by atoms with van der Waals surface area (Å²) in [5.74, 6) is -0.409. The summed E-state index contributed by atoms with van der Waals surface area (Å²) in [4.78, 5) is 12.8. The summed E-state index contributed by atoms with van der Waals surface area (Å²) in [6, 6.07) is 17.0. The number of hydrogen-bond acceptors (Lipinski definition) is 2. The number of nitriles is 1. The van der Waals surface area contributed by atoms with E-state index in [1.165, 1.54) is 0 Å². The molecule has 0 unspecified atom stereocenters. The highest BCUT2D eigenvalue weighted by atomic mass is 35.5. The van der Waals surface area contributed by atoms with E-state index in [0.717, 1.165) is 27.9 Å². The molecule has 0 aliphatic rings. The molecule has 0 saturated heterocycles. The van der Waals surface area contributed by atoms with E-state index in [9.17, 15) is 10.1 Å². The molecule has 158 valence electrons. The minimum absolute atomic E-state index is 0.0410. The number of benzene rings is 2. The van der Waals surface area contributed by atoms with Crippen molar-refractivity contribution in [3.63, 3.8) is 0 Å². The van der Waals surface area contributed by atoms with Crippen LogP contribution in [0, 0.1) is 25.2 Å². The molecule has 0 spiro atoms. The van der Waals surface area contributed by atoms with Crippen LogP contribution < -0.4 is 5.32 Å². The monoisotopic (exact) mass is 451 g/mol. The molecule has 0 aliphatic heterocycles. The van der Waals surface area contributed by atoms with Crippen LogP contribution in [-0.2, 0) is 11.3 Å². The standard InChI is InChI=1S/C25H23Cl2N3O/c1-16-6-7-17(2)23(11-16)18(3)29-25(31)20(14-28)12-22-5-4-10-30(22)15-19-8-9-21(26)13-24(19)27/h4-13,18H,15H2,1-3H3,(H,29,31)/b20-12+/t18-/m0/s1. The first-order valence-corrected chi connectivity index (χ1v) is 10.6. The Balaban J connectivity index is 1.80. The van der Waals surface area contributed by atoms with Crippen molar-refractivity contribution < 1.29 is 4.79 Å². The Morgan fingerprint density at radius 3 is 2.68 bits per heavy atom. The van der Waals surface area contributed by atoms with Crippen LogP contribution >= 0.6 is 23.2 Å². The number of rotatable bonds is 6. The summed E-state index contributed by atoms with van der Waals surface area (Å²) < 4.78 is 1.92. The molecule has 1 N–H and O–H groups in total. The number of hydrogen-bond donors (Lipinski definition) is 1. The molecule has 6 heteroatoms. The second kappa shape index (κ2) is 9.87. The molecule has 0 aliphatic carbocycles. The average Bonchev–Trinajstić information content (AvgIpc) is 3.16. The maximum absolute atomic E-state index is 12.8. The first-order valence-electron chi connectivity index (χ1n) is 9.87. The Hall–Kier alpha value is -3.00. The molecule has 1 aromatic heterocycles. The Kier molecular flexibility index (Phi) is 7.22. The maximum Gasteiger partial charge on any atom is 0.262 e. The highest BCUT2D eigenvalue weighted by Gasteiger charge is 2.16. The smallest absolute Gasteiger partial charge is 0.262 e. The number of carbonyl (C=O) groups excluding carboxylic acids is 1. The van der Waals surface area contributed by atoms with Crippen LogP contribution in [-0.4, -0.2) is 10.5 Å². The topological polar surface area (TPSA) is 57.8 Å². The maximum atomic E-state index is 12.8. The largest absolute Gasteiger partial charge is 0.345 e. The van der Waals surface area contributed by atoms with Gasteiger partial charge in [-0.3, -0.25) is 4.79 Å². The van der Waals surface area contributed by atoms with Gasteiger partial charge in [0.2, 0.25) is 0 Å². The Morgan fingerprint density at radius 1 is 1.19 bits per heavy atom. The predicted molar refractivity (Wildman–Crippen MR) is 126 cm³/mol. The van der Waals surface area contributed by atoms with Gasteiger partial charge in [0, 0.05) is 28.5 Å². The molecule has 4 nitrogen and oxygen atoms in total. The summed E-state index contributed by atoms with van der Waals surface area (Å²) >= 11 is 12.3. The van der Waals surface area contributed by atoms with Crippen LogP contribution in [0.15, 0.2) is 60.3 Å². The summed E-state index contributed by atoms with van der Waals surface area (Å²) in [6.07, 6.45) is 3.47. The molecule has 0 bridgehead atoms. The lowest BCUT2D eigenvalue weighted by molar-refractivity contribution is -0.117. The summed E-state index contributed by atoms with van der Waals surface area (Å²) in [5, 5.41) is 13.7. The van der Waals surface area contributed by atoms with E-state index in [1.54, 1.807) is 18.2 Å². The van der Waals surface area contributed by atoms with Gasteiger partial charge in [0.1, 0.15) is 11.6 Å². The first-order chi connectivity index (χ1) is 14.8. The van der Waals surface area contributed by atoms with Gasteiger partial charge in [-0.15, -0.1) is 0 Å². The summed E-state index contributed by atoms with van der Waals surface area (Å²) in [6.45, 7) is 6.43. The van der Waals surface area contributed by atoms with Crippen LogP contribution in [0.5, 0.6) is 0 Å². The lowest BCUT2D eigenvalue weighted by Crippen LogP contribution is -2.28. The normalized spacial score (nSPS) is 12.3. The fourth-order valence-electron chi connectivity index (χ4n) is 3.41. The van der Waals surface area contributed by atoms with Crippen LogP contribution in [0.2, 0.25) is 10.0 Å². The van der Waals surface area contributed by atoms with Crippen molar-refractivity contribution in [1.82, 2.24) is 9.88 Å². The van der Waals surface area contributed by atoms with Gasteiger partial charge >= 0.3 is 0 Å². The molecule has 0 fully saturated rings. The quantitative estimate of drug-likeness (QED) is 0.355. The molecule has 1 amide bonds. The van der Waals surface area contributed by atoms with E-state index in [-0.39, 0.29) is 11.6 Å². The van der Waals surface area contributed by atoms with Crippen LogP contribution in [0.25, 0.3) is 6.08 Å². The lowest BCUT2D eigenvalue weighted by atomic mass is 9.99. The van der Waals surface area contributed by atoms with Crippen molar-refractivity contribution in [2.24, 2.45) is 0 Å². The molecular formula is C25H23Cl2N3O. The number of halogens is 2. The van der Waals surface area contributed by atoms with E-state index in [2.05, 4.69) is 11.4 Å². The number of nitrogens with one attached hydrogen (secondary N) is 1. The number of carbonyl (C=O) groups is 1. The summed E-state index contributed by atoms with van der Waals surface area (Å²) in [7, 11) is 0. The molecule has 31 heavy (non-hydrogen) atoms. The number of aromatic nitrogens is 1. The molecular weight excluding hydrogens is 429 g/mol. The van der Waals surface area contributed by atoms with E-state index < -0.39 is 5.91 Å². The molecule has 1 atom stereocenters. The third kappa shape index (κ3) is 5.58. The van der Waals surface area contributed by atoms with Gasteiger partial charge in [-0.2, -0.15) is 5.26 Å². The van der Waals surface area contributed by atoms with Crippen molar-refractivity contribution in [3.05, 3.63) is 98.3 Å². The minimum atomic E-state index is -0.409. The minimum Gasteiger partial charge on any atom is -0.345 e. The summed E-state index contributed by atoms with van der Waals surface area (Å²) in [5.41, 5.74) is 4.91. The van der Waals surface area contributed by atoms with E-state index in [0.29, 0.717) is 16.6 Å². The SMILES string of the molecule is Cc1ccc(C)c([C@H](C)NC(=O)/C(C#N)=C/c2cccn2Cc2ccc(Cl)cc2Cl)c1. The Labute approximate surface area is 192 Å². The van der Waals surface area contributed by atoms with E-state index in [1.807, 2.05) is 67.9 Å². The van der Waals surface area contributed by atoms with Gasteiger partial charge in [0.15, 0.2) is 0 Å². The zero-order chi connectivity index (χ0) is 22.5. The highest BCUT2D eigenvalue weighted by molar-refractivity contribution is 6.35. The van der Waals surface area contributed by atoms with Gasteiger partial charge in [0.25, 0.3) is 5.91 Å². The van der Waals surface area contributed by atoms with E-state index in [4.69, 9.17) is 23.2 Å². The Morgan fingerprint density at radius 2 is 1.97 bits per heavy atom. The van der Waals surface area contributed by atoms with Gasteiger partial charge in [0.05, 0.1) is 6.04 Å². The van der Waals surface area contributed by atoms with Gasteiger partial charge in [-0.1, -0.05) is 53.0 Å². The third-order valence-corrected chi connectivity index (χ3v) is 5.71. The van der Waals surface area contributed by atoms with Crippen molar-refractivity contribution >= 4 is 35.2 Å². The zero-order valence-corrected chi connectivity index (χ0v) is 19.1. The molecule has 2 aromatic carbocycles. The van der Waals surface area contributed by atoms with Gasteiger partial charge < -0.3 is 9.88 Å². The van der Waals surface area contributed by atoms with Crippen LogP contribution in [0.4, 0.5) is 0 Å². The second-order valence-electron chi connectivity index (χ2n) is 7.52. The number of aryl methyl sites for hydroxylation is 2. The second-order valence-corrected chi connectivity index (χ2v) is 8.37. The first kappa shape index (κ1) is 22.7. The molecule has 0 saturated carbocycles. The van der Waals surface area contributed by atoms with Crippen molar-refractivity contribution in [1.29, 1.82) is 5.26 Å². The molecule has 3 aromatic rings. The molecule has 0 radical (unpaired) electrons. The van der Waals surface area contributed by atoms with Gasteiger partial charge in [-0.25, -0.2) is 0 Å². The van der Waals surface area contributed by atoms with E-state index >= 15 is 0 Å². The van der Waals surface area contributed by atoms with Crippen LogP contribution in [0.1, 0.15) is 40.9 Å². The van der Waals surface area contributed by atoms with Crippen molar-refractivity contribution in [2.75, 3.05) is 0 Å². The fraction of sp³-hybridized carbons (Fsp3) is 0.200. The van der Waals surface area contributed by atoms with Crippen LogP contribution in [0.3, 0.4) is 0 Å². The fourth-order valence-corrected chi connectivity index (χ4v) is 3.88. The number of amides is 1. The molecule has 3 rings (SSSR count). The highest BCUT2D eigenvalue weighted by Crippen LogP contribution is 2.23. The number of nitrogens with zero attached hydrogens (tertiary/aromatic N) is 2. The van der Waals surface area contributed by atoms with Crippen molar-refractivity contribution in [3.8, 4) is 6.07 Å². The predicted octanol–water partition coefficient (Wildman–Crippen LogP) is 6.24.